The normalized spacial score (nSPS) is 15.9. The van der Waals surface area contributed by atoms with E-state index in [0.29, 0.717) is 0 Å². The zero-order chi connectivity index (χ0) is 18.0. The highest BCUT2D eigenvalue weighted by molar-refractivity contribution is 7.91. The van der Waals surface area contributed by atoms with E-state index in [1.54, 1.807) is 29.6 Å². The number of aromatic carboxylic acids is 1. The predicted octanol–water partition coefficient (Wildman–Crippen LogP) is 1.59. The number of carboxylic acid groups (broad SMARTS) is 1. The summed E-state index contributed by atoms with van der Waals surface area (Å²) in [6, 6.07) is 9.26. The molecule has 3 rings (SSSR count). The summed E-state index contributed by atoms with van der Waals surface area (Å²) in [5.74, 6) is -1.56. The van der Waals surface area contributed by atoms with E-state index < -0.39 is 21.9 Å². The summed E-state index contributed by atoms with van der Waals surface area (Å²) in [4.78, 5) is 25.4. The van der Waals surface area contributed by atoms with Gasteiger partial charge in [0.15, 0.2) is 0 Å². The van der Waals surface area contributed by atoms with E-state index in [-0.39, 0.29) is 41.5 Å². The maximum Gasteiger partial charge on any atom is 0.336 e. The molecule has 1 aliphatic rings. The molecular weight excluding hydrogens is 364 g/mol. The van der Waals surface area contributed by atoms with Gasteiger partial charge in [0, 0.05) is 26.2 Å². The molecule has 7 nitrogen and oxygen atoms in total. The molecule has 9 heteroatoms. The summed E-state index contributed by atoms with van der Waals surface area (Å²) >= 11 is 1.16. The monoisotopic (exact) mass is 380 g/mol. The van der Waals surface area contributed by atoms with Crippen LogP contribution in [0.4, 0.5) is 0 Å². The zero-order valence-electron chi connectivity index (χ0n) is 13.2. The number of benzene rings is 1. The van der Waals surface area contributed by atoms with Crippen molar-refractivity contribution in [3.8, 4) is 0 Å². The molecular formula is C16H16N2O5S2. The lowest BCUT2D eigenvalue weighted by atomic mass is 10.1. The van der Waals surface area contributed by atoms with E-state index in [0.717, 1.165) is 11.3 Å². The van der Waals surface area contributed by atoms with Gasteiger partial charge in [-0.3, -0.25) is 4.79 Å². The Labute approximate surface area is 149 Å². The van der Waals surface area contributed by atoms with Crippen LogP contribution in [0.2, 0.25) is 0 Å². The number of carbonyl (C=O) groups is 2. The fourth-order valence-corrected chi connectivity index (χ4v) is 5.26. The maximum atomic E-state index is 12.6. The molecule has 1 amide bonds. The van der Waals surface area contributed by atoms with Crippen molar-refractivity contribution in [2.45, 2.75) is 4.21 Å². The summed E-state index contributed by atoms with van der Waals surface area (Å²) in [5, 5.41) is 10.9. The third-order valence-electron chi connectivity index (χ3n) is 4.00. The quantitative estimate of drug-likeness (QED) is 0.869. The first-order valence-corrected chi connectivity index (χ1v) is 9.88. The van der Waals surface area contributed by atoms with Crippen LogP contribution in [-0.2, 0) is 10.0 Å². The molecule has 0 unspecified atom stereocenters. The van der Waals surface area contributed by atoms with Gasteiger partial charge in [-0.1, -0.05) is 18.2 Å². The smallest absolute Gasteiger partial charge is 0.336 e. The summed E-state index contributed by atoms with van der Waals surface area (Å²) in [5.41, 5.74) is 0.0608. The van der Waals surface area contributed by atoms with Crippen LogP contribution in [0.25, 0.3) is 0 Å². The van der Waals surface area contributed by atoms with Crippen LogP contribution in [0.5, 0.6) is 0 Å². The molecule has 1 N–H and O–H groups in total. The molecule has 0 atom stereocenters. The molecule has 25 heavy (non-hydrogen) atoms. The van der Waals surface area contributed by atoms with E-state index in [9.17, 15) is 23.1 Å². The van der Waals surface area contributed by atoms with Crippen LogP contribution in [0.3, 0.4) is 0 Å². The van der Waals surface area contributed by atoms with Crippen LogP contribution < -0.4 is 0 Å². The molecule has 1 aliphatic heterocycles. The van der Waals surface area contributed by atoms with Gasteiger partial charge in [-0.05, 0) is 23.6 Å². The van der Waals surface area contributed by atoms with Crippen molar-refractivity contribution in [1.29, 1.82) is 0 Å². The number of hydrogen-bond donors (Lipinski definition) is 1. The first-order chi connectivity index (χ1) is 11.9. The molecule has 1 aromatic heterocycles. The highest BCUT2D eigenvalue weighted by Crippen LogP contribution is 2.22. The first-order valence-electron chi connectivity index (χ1n) is 7.56. The van der Waals surface area contributed by atoms with Gasteiger partial charge in [0.2, 0.25) is 0 Å². The van der Waals surface area contributed by atoms with Crippen LogP contribution in [0, 0.1) is 0 Å². The Morgan fingerprint density at radius 3 is 2.16 bits per heavy atom. The van der Waals surface area contributed by atoms with Gasteiger partial charge in [-0.25, -0.2) is 13.2 Å². The van der Waals surface area contributed by atoms with Crippen molar-refractivity contribution in [2.24, 2.45) is 0 Å². The zero-order valence-corrected chi connectivity index (χ0v) is 14.8. The molecule has 0 aliphatic carbocycles. The second-order valence-electron chi connectivity index (χ2n) is 5.48. The van der Waals surface area contributed by atoms with Gasteiger partial charge in [0.05, 0.1) is 11.1 Å². The number of nitrogens with zero attached hydrogens (tertiary/aromatic N) is 2. The maximum absolute atomic E-state index is 12.6. The minimum atomic E-state index is -3.53. The van der Waals surface area contributed by atoms with Crippen molar-refractivity contribution >= 4 is 33.2 Å². The van der Waals surface area contributed by atoms with Crippen LogP contribution >= 0.6 is 11.3 Å². The minimum absolute atomic E-state index is 0.0545. The first kappa shape index (κ1) is 17.6. The van der Waals surface area contributed by atoms with Crippen molar-refractivity contribution in [1.82, 2.24) is 9.21 Å². The van der Waals surface area contributed by atoms with Gasteiger partial charge in [0.25, 0.3) is 15.9 Å². The molecule has 0 spiro atoms. The molecule has 0 radical (unpaired) electrons. The Kier molecular flexibility index (Phi) is 4.89. The SMILES string of the molecule is O=C(O)c1ccccc1C(=O)N1CCN(S(=O)(=O)c2cccs2)CC1. The van der Waals surface area contributed by atoms with Gasteiger partial charge >= 0.3 is 5.97 Å². The number of carbonyl (C=O) groups excluding carboxylic acids is 1. The Bertz CT molecular complexity index is 885. The number of hydrogen-bond acceptors (Lipinski definition) is 5. The number of amides is 1. The van der Waals surface area contributed by atoms with Crippen LogP contribution in [-0.4, -0.2) is 60.8 Å². The number of piperazine rings is 1. The predicted molar refractivity (Wildman–Crippen MR) is 92.4 cm³/mol. The van der Waals surface area contributed by atoms with Gasteiger partial charge < -0.3 is 10.0 Å². The average Bonchev–Trinajstić information content (AvgIpc) is 3.16. The van der Waals surface area contributed by atoms with E-state index >= 15 is 0 Å². The Balaban J connectivity index is 1.73. The molecule has 1 fully saturated rings. The van der Waals surface area contributed by atoms with Crippen LogP contribution in [0.1, 0.15) is 20.7 Å². The van der Waals surface area contributed by atoms with Gasteiger partial charge in [-0.15, -0.1) is 11.3 Å². The molecule has 1 saturated heterocycles. The molecule has 132 valence electrons. The van der Waals surface area contributed by atoms with Crippen molar-refractivity contribution in [3.05, 3.63) is 52.9 Å². The molecule has 2 aromatic rings. The number of rotatable bonds is 4. The number of thiophene rings is 1. The van der Waals surface area contributed by atoms with Crippen molar-refractivity contribution < 1.29 is 23.1 Å². The lowest BCUT2D eigenvalue weighted by Crippen LogP contribution is -2.50. The lowest BCUT2D eigenvalue weighted by Gasteiger charge is -2.34. The fraction of sp³-hybridized carbons (Fsp3) is 0.250. The summed E-state index contributed by atoms with van der Waals surface area (Å²) in [6.45, 7) is 0.803. The molecule has 0 saturated carbocycles. The fourth-order valence-electron chi connectivity index (χ4n) is 2.70. The largest absolute Gasteiger partial charge is 0.478 e. The van der Waals surface area contributed by atoms with E-state index in [2.05, 4.69) is 0 Å². The van der Waals surface area contributed by atoms with E-state index in [1.807, 2.05) is 0 Å². The Morgan fingerprint density at radius 1 is 0.960 bits per heavy atom. The topological polar surface area (TPSA) is 95.0 Å². The summed E-state index contributed by atoms with van der Waals surface area (Å²) in [7, 11) is -3.53. The highest BCUT2D eigenvalue weighted by Gasteiger charge is 2.31. The standard InChI is InChI=1S/C16H16N2O5S2/c19-15(12-4-1-2-5-13(12)16(20)21)17-7-9-18(10-8-17)25(22,23)14-6-3-11-24-14/h1-6,11H,7-10H2,(H,20,21). The van der Waals surface area contributed by atoms with E-state index in [1.165, 1.54) is 21.3 Å². The van der Waals surface area contributed by atoms with Gasteiger partial charge in [0.1, 0.15) is 4.21 Å². The number of sulfonamides is 1. The average molecular weight is 380 g/mol. The molecule has 2 heterocycles. The van der Waals surface area contributed by atoms with Crippen molar-refractivity contribution in [2.75, 3.05) is 26.2 Å². The molecule has 0 bridgehead atoms. The molecule has 1 aromatic carbocycles. The number of carboxylic acids is 1. The third kappa shape index (κ3) is 3.44. The van der Waals surface area contributed by atoms with E-state index in [4.69, 9.17) is 0 Å². The Hall–Kier alpha value is -2.23. The van der Waals surface area contributed by atoms with Gasteiger partial charge in [-0.2, -0.15) is 4.31 Å². The summed E-state index contributed by atoms with van der Waals surface area (Å²) < 4.78 is 26.6. The third-order valence-corrected chi connectivity index (χ3v) is 7.27. The van der Waals surface area contributed by atoms with Crippen molar-refractivity contribution in [3.63, 3.8) is 0 Å². The second-order valence-corrected chi connectivity index (χ2v) is 8.59. The summed E-state index contributed by atoms with van der Waals surface area (Å²) in [6.07, 6.45) is 0. The minimum Gasteiger partial charge on any atom is -0.478 e. The van der Waals surface area contributed by atoms with Crippen LogP contribution in [0.15, 0.2) is 46.0 Å². The second kappa shape index (κ2) is 6.95. The Morgan fingerprint density at radius 2 is 1.60 bits per heavy atom. The highest BCUT2D eigenvalue weighted by atomic mass is 32.2. The lowest BCUT2D eigenvalue weighted by molar-refractivity contribution is 0.0656.